The predicted molar refractivity (Wildman–Crippen MR) is 141 cm³/mol. The van der Waals surface area contributed by atoms with Gasteiger partial charge in [-0.15, -0.1) is 0 Å². The molecule has 10 atom stereocenters. The van der Waals surface area contributed by atoms with Gasteiger partial charge in [0, 0.05) is 23.4 Å². The monoisotopic (exact) mass is 518 g/mol. The maximum absolute atomic E-state index is 13.5. The lowest BCUT2D eigenvalue weighted by Gasteiger charge is -2.68. The van der Waals surface area contributed by atoms with E-state index < -0.39 is 17.3 Å². The van der Waals surface area contributed by atoms with Crippen LogP contribution in [-0.4, -0.2) is 82.3 Å². The number of piperidine rings is 1. The van der Waals surface area contributed by atoms with Crippen LogP contribution in [0.1, 0.15) is 97.8 Å². The quantitative estimate of drug-likeness (QED) is 0.481. The molecular weight excluding hydrogens is 468 g/mol. The second kappa shape index (κ2) is 9.43. The number of nitrogens with one attached hydrogen (secondary N) is 1. The van der Waals surface area contributed by atoms with Crippen molar-refractivity contribution in [1.82, 2.24) is 10.2 Å². The Kier molecular flexibility index (Phi) is 6.75. The van der Waals surface area contributed by atoms with E-state index in [1.54, 1.807) is 0 Å². The van der Waals surface area contributed by atoms with Gasteiger partial charge in [0.15, 0.2) is 0 Å². The number of nitrogens with zero attached hydrogens (tertiary/aromatic N) is 1. The molecule has 4 saturated carbocycles. The number of likely N-dealkylation sites (N-methyl/N-ethyl adjacent to an activating group) is 1. The molecular formula is C30H50N2O5. The highest BCUT2D eigenvalue weighted by molar-refractivity contribution is 5.76. The average molecular weight is 519 g/mol. The van der Waals surface area contributed by atoms with Crippen LogP contribution >= 0.6 is 0 Å². The largest absolute Gasteiger partial charge is 0.459 e. The van der Waals surface area contributed by atoms with E-state index >= 15 is 0 Å². The van der Waals surface area contributed by atoms with Gasteiger partial charge in [0.05, 0.1) is 23.9 Å². The summed E-state index contributed by atoms with van der Waals surface area (Å²) < 4.78 is 12.8. The molecule has 2 aliphatic heterocycles. The Hall–Kier alpha value is -0.730. The Labute approximate surface area is 223 Å². The van der Waals surface area contributed by atoms with E-state index in [9.17, 15) is 15.0 Å². The van der Waals surface area contributed by atoms with E-state index in [2.05, 4.69) is 17.3 Å². The Morgan fingerprint density at radius 1 is 1.14 bits per heavy atom. The molecule has 2 saturated heterocycles. The van der Waals surface area contributed by atoms with Crippen molar-refractivity contribution in [3.8, 4) is 0 Å². The average Bonchev–Trinajstić information content (AvgIpc) is 3.20. The number of ether oxygens (including phenoxy) is 2. The molecule has 0 aromatic heterocycles. The van der Waals surface area contributed by atoms with Crippen molar-refractivity contribution in [3.63, 3.8) is 0 Å². The molecule has 7 heteroatoms. The summed E-state index contributed by atoms with van der Waals surface area (Å²) in [5, 5.41) is 27.4. The lowest BCUT2D eigenvalue weighted by atomic mass is 9.42. The zero-order chi connectivity index (χ0) is 26.2. The number of likely N-dealkylation sites (tertiary alicyclic amines) is 1. The molecule has 3 N–H and O–H groups in total. The van der Waals surface area contributed by atoms with Crippen molar-refractivity contribution < 1.29 is 24.5 Å². The molecule has 0 amide bonds. The fourth-order valence-corrected chi connectivity index (χ4v) is 9.95. The van der Waals surface area contributed by atoms with Gasteiger partial charge in [0.1, 0.15) is 11.6 Å². The van der Waals surface area contributed by atoms with Gasteiger partial charge in [-0.05, 0) is 91.1 Å². The third kappa shape index (κ3) is 4.21. The van der Waals surface area contributed by atoms with Crippen LogP contribution in [-0.2, 0) is 14.3 Å². The van der Waals surface area contributed by atoms with Crippen molar-refractivity contribution in [2.24, 2.45) is 23.2 Å². The number of aliphatic hydroxyl groups is 2. The minimum absolute atomic E-state index is 0.0259. The van der Waals surface area contributed by atoms with E-state index in [4.69, 9.17) is 9.47 Å². The van der Waals surface area contributed by atoms with Gasteiger partial charge >= 0.3 is 5.97 Å². The molecule has 210 valence electrons. The van der Waals surface area contributed by atoms with Crippen LogP contribution in [0.15, 0.2) is 0 Å². The van der Waals surface area contributed by atoms with Gasteiger partial charge in [0.2, 0.25) is 0 Å². The van der Waals surface area contributed by atoms with Crippen molar-refractivity contribution in [3.05, 3.63) is 0 Å². The smallest absolute Gasteiger partial charge is 0.323 e. The lowest BCUT2D eigenvalue weighted by Crippen LogP contribution is -2.78. The molecule has 7 nitrogen and oxygen atoms in total. The zero-order valence-corrected chi connectivity index (χ0v) is 23.5. The molecule has 0 aromatic carbocycles. The van der Waals surface area contributed by atoms with E-state index in [1.165, 1.54) is 32.1 Å². The van der Waals surface area contributed by atoms with E-state index in [1.807, 2.05) is 20.8 Å². The number of hydrogen-bond donors (Lipinski definition) is 3. The molecule has 2 heterocycles. The van der Waals surface area contributed by atoms with Gasteiger partial charge in [0.25, 0.3) is 0 Å². The van der Waals surface area contributed by atoms with Crippen molar-refractivity contribution in [1.29, 1.82) is 0 Å². The fourth-order valence-electron chi connectivity index (χ4n) is 9.95. The second-order valence-corrected chi connectivity index (χ2v) is 14.5. The summed E-state index contributed by atoms with van der Waals surface area (Å²) >= 11 is 0. The topological polar surface area (TPSA) is 91.3 Å². The molecule has 2 bridgehead atoms. The van der Waals surface area contributed by atoms with Gasteiger partial charge in [-0.25, -0.2) is 0 Å². The summed E-state index contributed by atoms with van der Waals surface area (Å²) in [7, 11) is 2.17. The number of rotatable bonds is 5. The normalized spacial score (nSPS) is 46.8. The summed E-state index contributed by atoms with van der Waals surface area (Å²) in [6.45, 7) is 6.77. The van der Waals surface area contributed by atoms with Crippen LogP contribution in [0.25, 0.3) is 0 Å². The first-order valence-corrected chi connectivity index (χ1v) is 15.3. The molecule has 0 aromatic rings. The molecule has 6 aliphatic rings. The van der Waals surface area contributed by atoms with Crippen molar-refractivity contribution in [2.45, 2.75) is 145 Å². The predicted octanol–water partition coefficient (Wildman–Crippen LogP) is 3.40. The summed E-state index contributed by atoms with van der Waals surface area (Å²) in [4.78, 5) is 15.9. The number of carbonyl (C=O) groups excluding carboxylic acids is 1. The maximum Gasteiger partial charge on any atom is 0.323 e. The van der Waals surface area contributed by atoms with E-state index in [-0.39, 0.29) is 47.6 Å². The number of carbonyl (C=O) groups is 1. The minimum Gasteiger partial charge on any atom is -0.459 e. The van der Waals surface area contributed by atoms with E-state index in [0.29, 0.717) is 11.8 Å². The van der Waals surface area contributed by atoms with Crippen molar-refractivity contribution in [2.75, 3.05) is 13.6 Å². The summed E-state index contributed by atoms with van der Waals surface area (Å²) in [5.41, 5.74) is -1.70. The Morgan fingerprint density at radius 3 is 2.62 bits per heavy atom. The molecule has 6 unspecified atom stereocenters. The SMILES string of the molecule is CN1CC[C@]23C4C5CCC(O)C4O[C@H]2C(N[C@@H](CC2CCCCC2)C(=O)OC(C)(C)C)CC[C@@]3(O)C1C5. The minimum atomic E-state index is -0.805. The zero-order valence-electron chi connectivity index (χ0n) is 23.5. The van der Waals surface area contributed by atoms with Crippen molar-refractivity contribution >= 4 is 5.97 Å². The lowest BCUT2D eigenvalue weighted by molar-refractivity contribution is -0.257. The summed E-state index contributed by atoms with van der Waals surface area (Å²) in [6, 6.07) is -0.248. The highest BCUT2D eigenvalue weighted by Crippen LogP contribution is 2.69. The number of esters is 1. The Bertz CT molecular complexity index is 871. The molecule has 6 fully saturated rings. The van der Waals surface area contributed by atoms with Gasteiger partial charge in [-0.1, -0.05) is 32.1 Å². The molecule has 6 rings (SSSR count). The van der Waals surface area contributed by atoms with Crippen LogP contribution in [0.5, 0.6) is 0 Å². The fraction of sp³-hybridized carbons (Fsp3) is 0.967. The van der Waals surface area contributed by atoms with Crippen LogP contribution < -0.4 is 5.32 Å². The van der Waals surface area contributed by atoms with E-state index in [0.717, 1.165) is 51.5 Å². The van der Waals surface area contributed by atoms with Crippen LogP contribution in [0.3, 0.4) is 0 Å². The van der Waals surface area contributed by atoms with Gasteiger partial charge in [-0.3, -0.25) is 10.1 Å². The Balaban J connectivity index is 1.31. The maximum atomic E-state index is 13.5. The number of aliphatic hydroxyl groups excluding tert-OH is 1. The van der Waals surface area contributed by atoms with Crippen LogP contribution in [0, 0.1) is 23.2 Å². The number of hydrogen-bond acceptors (Lipinski definition) is 7. The summed E-state index contributed by atoms with van der Waals surface area (Å²) in [6.07, 6.45) is 11.3. The van der Waals surface area contributed by atoms with Crippen LogP contribution in [0.4, 0.5) is 0 Å². The molecule has 37 heavy (non-hydrogen) atoms. The first-order chi connectivity index (χ1) is 17.5. The Morgan fingerprint density at radius 2 is 1.89 bits per heavy atom. The summed E-state index contributed by atoms with van der Waals surface area (Å²) in [5.74, 6) is 1.06. The first kappa shape index (κ1) is 26.5. The molecule has 1 spiro atoms. The standard InChI is InChI=1S/C30H50N2O5/c1-28(2,3)37-27(34)21(16-18-8-6-5-7-9-18)31-20-12-13-30(35)23-17-19-10-11-22(33)25-24(19)29(30,26(20)36-25)14-15-32(23)4/h18-26,31,33,35H,5-17H2,1-4H3/t19?,20?,21-,22?,23?,24?,25?,26-,29-,30+/m0/s1. The first-order valence-electron chi connectivity index (χ1n) is 15.3. The van der Waals surface area contributed by atoms with Crippen LogP contribution in [0.2, 0.25) is 0 Å². The highest BCUT2D eigenvalue weighted by Gasteiger charge is 2.77. The van der Waals surface area contributed by atoms with Gasteiger partial charge < -0.3 is 24.6 Å². The third-order valence-corrected chi connectivity index (χ3v) is 11.4. The molecule has 0 radical (unpaired) electrons. The van der Waals surface area contributed by atoms with Gasteiger partial charge in [-0.2, -0.15) is 0 Å². The highest BCUT2D eigenvalue weighted by atomic mass is 16.6. The molecule has 4 aliphatic carbocycles. The third-order valence-electron chi connectivity index (χ3n) is 11.4. The second-order valence-electron chi connectivity index (χ2n) is 14.5.